The topological polar surface area (TPSA) is 66.7 Å². The minimum Gasteiger partial charge on any atom is -0.359 e. The molecule has 1 N–H and O–H groups in total. The Morgan fingerprint density at radius 1 is 1.57 bits per heavy atom. The molecule has 21 heavy (non-hydrogen) atoms. The first-order valence-electron chi connectivity index (χ1n) is 6.80. The number of aromatic nitrogens is 2. The molecular weight excluding hydrogens is 288 g/mol. The summed E-state index contributed by atoms with van der Waals surface area (Å²) in [5.41, 5.74) is 0.666. The molecule has 7 heteroatoms. The van der Waals surface area contributed by atoms with Crippen molar-refractivity contribution in [1.29, 1.82) is 0 Å². The Morgan fingerprint density at radius 2 is 2.29 bits per heavy atom. The van der Waals surface area contributed by atoms with Crippen molar-refractivity contribution in [2.75, 3.05) is 14.1 Å². The monoisotopic (exact) mass is 308 g/mol. The van der Waals surface area contributed by atoms with Crippen LogP contribution in [0.25, 0.3) is 4.96 Å². The molecule has 1 atom stereocenters. The maximum Gasteiger partial charge on any atom is 0.258 e. The summed E-state index contributed by atoms with van der Waals surface area (Å²) < 4.78 is 1.57. The van der Waals surface area contributed by atoms with E-state index >= 15 is 0 Å². The fraction of sp³-hybridized carbons (Fsp3) is 0.500. The van der Waals surface area contributed by atoms with Gasteiger partial charge in [-0.25, -0.2) is 4.98 Å². The number of thiazole rings is 1. The van der Waals surface area contributed by atoms with E-state index in [0.29, 0.717) is 17.9 Å². The summed E-state index contributed by atoms with van der Waals surface area (Å²) in [7, 11) is 3.56. The third-order valence-electron chi connectivity index (χ3n) is 3.46. The fourth-order valence-corrected chi connectivity index (χ4v) is 2.93. The molecule has 6 nitrogen and oxygen atoms in total. The van der Waals surface area contributed by atoms with Gasteiger partial charge >= 0.3 is 0 Å². The van der Waals surface area contributed by atoms with Gasteiger partial charge in [-0.05, 0) is 20.9 Å². The predicted molar refractivity (Wildman–Crippen MR) is 83.7 cm³/mol. The first-order chi connectivity index (χ1) is 9.90. The van der Waals surface area contributed by atoms with Gasteiger partial charge in [-0.2, -0.15) is 0 Å². The van der Waals surface area contributed by atoms with Gasteiger partial charge in [-0.15, -0.1) is 11.3 Å². The Balaban J connectivity index is 2.15. The van der Waals surface area contributed by atoms with E-state index < -0.39 is 0 Å². The number of carbonyl (C=O) groups excluding carboxylic acids is 1. The highest BCUT2D eigenvalue weighted by Gasteiger charge is 2.15. The summed E-state index contributed by atoms with van der Waals surface area (Å²) in [4.78, 5) is 31.7. The summed E-state index contributed by atoms with van der Waals surface area (Å²) in [5, 5.41) is 2.62. The van der Waals surface area contributed by atoms with Gasteiger partial charge in [0.05, 0.1) is 5.69 Å². The molecule has 0 aliphatic heterocycles. The molecule has 1 amide bonds. The maximum absolute atomic E-state index is 12.0. The van der Waals surface area contributed by atoms with E-state index in [2.05, 4.69) is 10.3 Å². The van der Waals surface area contributed by atoms with Gasteiger partial charge in [0.15, 0.2) is 4.96 Å². The molecule has 114 valence electrons. The maximum atomic E-state index is 12.0. The van der Waals surface area contributed by atoms with E-state index in [1.165, 1.54) is 11.3 Å². The van der Waals surface area contributed by atoms with Gasteiger partial charge in [-0.1, -0.05) is 0 Å². The summed E-state index contributed by atoms with van der Waals surface area (Å²) in [6.07, 6.45) is 2.23. The van der Waals surface area contributed by atoms with Crippen LogP contribution >= 0.6 is 11.3 Å². The highest BCUT2D eigenvalue weighted by atomic mass is 32.1. The quantitative estimate of drug-likeness (QED) is 0.895. The minimum atomic E-state index is -0.0632. The number of amides is 1. The molecule has 0 spiro atoms. The second-order valence-electron chi connectivity index (χ2n) is 5.22. The Bertz CT molecular complexity index is 707. The zero-order valence-corrected chi connectivity index (χ0v) is 13.5. The second-order valence-corrected chi connectivity index (χ2v) is 6.43. The molecule has 2 rings (SSSR count). The SMILES string of the molecule is CNC(=O)CC(C)N(C)Cc1cc(=O)n2cc(C)sc2n1. The van der Waals surface area contributed by atoms with E-state index in [1.54, 1.807) is 23.7 Å². The third-order valence-corrected chi connectivity index (χ3v) is 4.36. The van der Waals surface area contributed by atoms with Gasteiger partial charge in [0.2, 0.25) is 5.91 Å². The van der Waals surface area contributed by atoms with Crippen molar-refractivity contribution in [2.45, 2.75) is 32.9 Å². The molecule has 0 bridgehead atoms. The van der Waals surface area contributed by atoms with E-state index in [0.717, 1.165) is 10.6 Å². The molecule has 0 aliphatic carbocycles. The van der Waals surface area contributed by atoms with E-state index in [4.69, 9.17) is 0 Å². The highest BCUT2D eigenvalue weighted by molar-refractivity contribution is 7.16. The molecule has 0 aliphatic rings. The van der Waals surface area contributed by atoms with Crippen molar-refractivity contribution in [3.8, 4) is 0 Å². The van der Waals surface area contributed by atoms with Crippen molar-refractivity contribution in [2.24, 2.45) is 0 Å². The van der Waals surface area contributed by atoms with Crippen LogP contribution in [0.5, 0.6) is 0 Å². The van der Waals surface area contributed by atoms with Crippen LogP contribution in [-0.4, -0.2) is 40.3 Å². The molecule has 0 saturated carbocycles. The van der Waals surface area contributed by atoms with Crippen LogP contribution < -0.4 is 10.9 Å². The van der Waals surface area contributed by atoms with Gasteiger partial charge < -0.3 is 5.32 Å². The lowest BCUT2D eigenvalue weighted by atomic mass is 10.2. The summed E-state index contributed by atoms with van der Waals surface area (Å²) in [6, 6.07) is 1.64. The molecule has 2 aromatic rings. The Labute approximate surface area is 127 Å². The normalized spacial score (nSPS) is 12.8. The first kappa shape index (κ1) is 15.7. The first-order valence-corrected chi connectivity index (χ1v) is 7.62. The molecule has 2 heterocycles. The number of hydrogen-bond donors (Lipinski definition) is 1. The zero-order chi connectivity index (χ0) is 15.6. The molecular formula is C14H20N4O2S. The molecule has 0 fully saturated rings. The van der Waals surface area contributed by atoms with Crippen LogP contribution in [0.4, 0.5) is 0 Å². The van der Waals surface area contributed by atoms with Crippen LogP contribution in [0.2, 0.25) is 0 Å². The third kappa shape index (κ3) is 3.68. The van der Waals surface area contributed by atoms with E-state index in [9.17, 15) is 9.59 Å². The van der Waals surface area contributed by atoms with Crippen LogP contribution in [0.3, 0.4) is 0 Å². The number of nitrogens with zero attached hydrogens (tertiary/aromatic N) is 3. The standard InChI is InChI=1S/C14H20N4O2S/c1-9(5-12(19)15-3)17(4)8-11-6-13(20)18-7-10(2)21-14(18)16-11/h6-7,9H,5,8H2,1-4H3,(H,15,19). The lowest BCUT2D eigenvalue weighted by Gasteiger charge is -2.23. The van der Waals surface area contributed by atoms with Gasteiger partial charge in [0, 0.05) is 43.2 Å². The molecule has 0 aromatic carbocycles. The Morgan fingerprint density at radius 3 is 2.95 bits per heavy atom. The Hall–Kier alpha value is -1.73. The van der Waals surface area contributed by atoms with Crippen molar-refractivity contribution >= 4 is 22.2 Å². The molecule has 0 saturated heterocycles. The molecule has 1 unspecified atom stereocenters. The molecule has 2 aromatic heterocycles. The van der Waals surface area contributed by atoms with Crippen molar-refractivity contribution in [1.82, 2.24) is 19.6 Å². The lowest BCUT2D eigenvalue weighted by Crippen LogP contribution is -2.34. The number of nitrogens with one attached hydrogen (secondary N) is 1. The van der Waals surface area contributed by atoms with Crippen molar-refractivity contribution in [3.05, 3.63) is 33.2 Å². The lowest BCUT2D eigenvalue weighted by molar-refractivity contribution is -0.121. The van der Waals surface area contributed by atoms with Gasteiger partial charge in [-0.3, -0.25) is 18.9 Å². The smallest absolute Gasteiger partial charge is 0.258 e. The minimum absolute atomic E-state index is 0.00622. The average Bonchev–Trinajstić information content (AvgIpc) is 2.79. The number of aryl methyl sites for hydroxylation is 1. The number of rotatable bonds is 5. The Kier molecular flexibility index (Phi) is 4.74. The van der Waals surface area contributed by atoms with Crippen LogP contribution in [0, 0.1) is 6.92 Å². The fourth-order valence-electron chi connectivity index (χ4n) is 2.08. The van der Waals surface area contributed by atoms with Crippen LogP contribution in [0.1, 0.15) is 23.9 Å². The van der Waals surface area contributed by atoms with Gasteiger partial charge in [0.1, 0.15) is 0 Å². The largest absolute Gasteiger partial charge is 0.359 e. The summed E-state index contributed by atoms with van der Waals surface area (Å²) in [5.74, 6) is 0.00622. The number of fused-ring (bicyclic) bond motifs is 1. The number of carbonyl (C=O) groups is 1. The second kappa shape index (κ2) is 6.36. The summed E-state index contributed by atoms with van der Waals surface area (Å²) >= 11 is 1.50. The average molecular weight is 308 g/mol. The predicted octanol–water partition coefficient (Wildman–Crippen LogP) is 1.02. The summed E-state index contributed by atoms with van der Waals surface area (Å²) in [6.45, 7) is 4.48. The molecule has 0 radical (unpaired) electrons. The van der Waals surface area contributed by atoms with Crippen molar-refractivity contribution < 1.29 is 4.79 Å². The van der Waals surface area contributed by atoms with Crippen molar-refractivity contribution in [3.63, 3.8) is 0 Å². The highest BCUT2D eigenvalue weighted by Crippen LogP contribution is 2.14. The zero-order valence-electron chi connectivity index (χ0n) is 12.7. The number of hydrogen-bond acceptors (Lipinski definition) is 5. The van der Waals surface area contributed by atoms with E-state index in [-0.39, 0.29) is 17.5 Å². The van der Waals surface area contributed by atoms with Crippen LogP contribution in [0.15, 0.2) is 17.1 Å². The van der Waals surface area contributed by atoms with Crippen LogP contribution in [-0.2, 0) is 11.3 Å². The van der Waals surface area contributed by atoms with E-state index in [1.807, 2.05) is 25.8 Å². The van der Waals surface area contributed by atoms with Gasteiger partial charge in [0.25, 0.3) is 5.56 Å².